The van der Waals surface area contributed by atoms with Crippen molar-refractivity contribution in [2.24, 2.45) is 5.41 Å². The van der Waals surface area contributed by atoms with E-state index >= 15 is 0 Å². The third kappa shape index (κ3) is 13.9. The van der Waals surface area contributed by atoms with Gasteiger partial charge in [0.05, 0.1) is 19.3 Å². The van der Waals surface area contributed by atoms with Crippen LogP contribution in [0, 0.1) is 5.41 Å². The predicted molar refractivity (Wildman–Crippen MR) is 204 cm³/mol. The Morgan fingerprint density at radius 2 is 0.312 bits per heavy atom. The summed E-state index contributed by atoms with van der Waals surface area (Å²) in [4.78, 5) is 0. The van der Waals surface area contributed by atoms with E-state index in [4.69, 9.17) is 0 Å². The van der Waals surface area contributed by atoms with Gasteiger partial charge in [0.15, 0.2) is 16.5 Å². The minimum Gasteiger partial charge on any atom is -0.235 e. The van der Waals surface area contributed by atoms with E-state index < -0.39 is 242 Å². The number of alkyl halides is 55. The molecule has 0 radical (unpaired) electrons. The molecule has 3 atom stereocenters. The third-order valence-corrected chi connectivity index (χ3v) is 16.7. The van der Waals surface area contributed by atoms with Crippen molar-refractivity contribution in [3.8, 4) is 0 Å². The summed E-state index contributed by atoms with van der Waals surface area (Å²) in [6.45, 7) is 0. The lowest BCUT2D eigenvalue weighted by Gasteiger charge is -2.43. The zero-order valence-corrected chi connectivity index (χ0v) is 45.2. The van der Waals surface area contributed by atoms with Crippen molar-refractivity contribution in [1.29, 1.82) is 0 Å². The lowest BCUT2D eigenvalue weighted by Crippen LogP contribution is -2.74. The van der Waals surface area contributed by atoms with Gasteiger partial charge in [-0.2, -0.15) is 224 Å². The fourth-order valence-electron chi connectivity index (χ4n) is 5.80. The standard InChI is InChI=1S/C35H17BrF54S3/c36-4-11(5-91-8(37)1-12(40,41)15(46,47)18(52,53)21(58,59)24(64,65)27(70,71)30(76,77)33(82,83)84,6-92-9(38)2-13(42,43)16(48,49)19(54,55)22(60,61)25(66,67)28(72,73)31(78,79)34(85,86)87)7-93-10(39)3-14(44,45)17(50,51)20(56,57)23(62,63)26(68,69)29(74,75)32(80,81)35(88,89)90/h8-10H,1-7H2. The van der Waals surface area contributed by atoms with Crippen LogP contribution in [0.15, 0.2) is 0 Å². The van der Waals surface area contributed by atoms with Crippen molar-refractivity contribution in [3.63, 3.8) is 0 Å². The molecule has 93 heavy (non-hydrogen) atoms. The Kier molecular flexibility index (Phi) is 24.8. The van der Waals surface area contributed by atoms with Crippen LogP contribution in [0.3, 0.4) is 0 Å². The quantitative estimate of drug-likeness (QED) is 0.0466. The topological polar surface area (TPSA) is 0 Å². The van der Waals surface area contributed by atoms with Crippen LogP contribution in [0.5, 0.6) is 0 Å². The first kappa shape index (κ1) is 90.8. The van der Waals surface area contributed by atoms with Gasteiger partial charge >= 0.3 is 143 Å². The molecule has 0 aromatic heterocycles. The minimum atomic E-state index is -9.42. The Balaban J connectivity index is 7.87. The van der Waals surface area contributed by atoms with Gasteiger partial charge < -0.3 is 0 Å². The summed E-state index contributed by atoms with van der Waals surface area (Å²) in [6.07, 6.45) is -37.9. The second-order valence-corrected chi connectivity index (χ2v) is 22.3. The maximum absolute atomic E-state index is 15.0. The number of hydrogen-bond donors (Lipinski definition) is 0. The fraction of sp³-hybridized carbons (Fsp3) is 1.00. The molecule has 0 fully saturated rings. The van der Waals surface area contributed by atoms with Crippen molar-refractivity contribution in [2.75, 3.05) is 22.6 Å². The summed E-state index contributed by atoms with van der Waals surface area (Å²) in [6, 6.07) is 0. The van der Waals surface area contributed by atoms with Crippen LogP contribution >= 0.6 is 51.2 Å². The van der Waals surface area contributed by atoms with E-state index in [2.05, 4.69) is 0 Å². The van der Waals surface area contributed by atoms with Gasteiger partial charge in [-0.3, -0.25) is 0 Å². The van der Waals surface area contributed by atoms with Gasteiger partial charge in [-0.1, -0.05) is 15.9 Å². The van der Waals surface area contributed by atoms with Crippen LogP contribution in [0.1, 0.15) is 19.3 Å². The van der Waals surface area contributed by atoms with E-state index in [9.17, 15) is 237 Å². The minimum absolute atomic E-state index is 1.77. The first-order chi connectivity index (χ1) is 39.6. The molecule has 3 unspecified atom stereocenters. The summed E-state index contributed by atoms with van der Waals surface area (Å²) >= 11 is -3.41. The second-order valence-electron chi connectivity index (χ2n) is 18.4. The van der Waals surface area contributed by atoms with Crippen molar-refractivity contribution in [2.45, 2.75) is 179 Å². The highest BCUT2D eigenvalue weighted by molar-refractivity contribution is 9.09. The largest absolute Gasteiger partial charge is 0.460 e. The molecular weight excluding hydrogens is 1620 g/mol. The third-order valence-electron chi connectivity index (χ3n) is 11.6. The van der Waals surface area contributed by atoms with E-state index in [1.807, 2.05) is 15.9 Å². The maximum Gasteiger partial charge on any atom is 0.460 e. The number of rotatable bonds is 34. The van der Waals surface area contributed by atoms with Gasteiger partial charge in [-0.05, 0) is 0 Å². The smallest absolute Gasteiger partial charge is 0.235 e. The highest BCUT2D eigenvalue weighted by atomic mass is 79.9. The average Bonchev–Trinajstić information content (AvgIpc) is 0.709. The van der Waals surface area contributed by atoms with Crippen molar-refractivity contribution in [1.82, 2.24) is 0 Å². The van der Waals surface area contributed by atoms with E-state index in [1.165, 1.54) is 0 Å². The molecule has 0 saturated carbocycles. The van der Waals surface area contributed by atoms with Crippen LogP contribution in [0.4, 0.5) is 237 Å². The van der Waals surface area contributed by atoms with Crippen molar-refractivity contribution >= 4 is 51.2 Å². The Morgan fingerprint density at radius 3 is 0.430 bits per heavy atom. The van der Waals surface area contributed by atoms with E-state index in [-0.39, 0.29) is 0 Å². The summed E-state index contributed by atoms with van der Waals surface area (Å²) in [5.41, 5.74) is -18.1. The molecule has 0 bridgehead atoms. The summed E-state index contributed by atoms with van der Waals surface area (Å²) < 4.78 is 743. The number of thioether (sulfide) groups is 3. The molecule has 0 N–H and O–H groups in total. The van der Waals surface area contributed by atoms with Crippen LogP contribution in [0.25, 0.3) is 0 Å². The lowest BCUT2D eigenvalue weighted by atomic mass is 9.88. The molecule has 0 aliphatic carbocycles. The van der Waals surface area contributed by atoms with Gasteiger partial charge in [-0.15, -0.1) is 35.3 Å². The molecule has 0 aliphatic rings. The molecule has 0 nitrogen and oxygen atoms in total. The van der Waals surface area contributed by atoms with Gasteiger partial charge in [0.25, 0.3) is 0 Å². The molecule has 58 heteroatoms. The van der Waals surface area contributed by atoms with Gasteiger partial charge in [0, 0.05) is 28.0 Å². The molecule has 0 aromatic rings. The molecule has 560 valence electrons. The zero-order chi connectivity index (χ0) is 76.3. The normalized spacial score (nSPS) is 18.2. The van der Waals surface area contributed by atoms with E-state index in [0.29, 0.717) is 0 Å². The van der Waals surface area contributed by atoms with Crippen LogP contribution in [-0.4, -0.2) is 182 Å². The Hall–Kier alpha value is -2.25. The Labute approximate surface area is 494 Å². The highest BCUT2D eigenvalue weighted by Crippen LogP contribution is 2.69. The maximum atomic E-state index is 15.0. The number of halogens is 55. The summed E-state index contributed by atoms with van der Waals surface area (Å²) in [7, 11) is 0. The second kappa shape index (κ2) is 25.4. The summed E-state index contributed by atoms with van der Waals surface area (Å²) in [5.74, 6) is -196. The van der Waals surface area contributed by atoms with Crippen LogP contribution in [-0.2, 0) is 0 Å². The van der Waals surface area contributed by atoms with Crippen molar-refractivity contribution < 1.29 is 237 Å². The molecule has 0 aliphatic heterocycles. The number of hydrogen-bond acceptors (Lipinski definition) is 3. The van der Waals surface area contributed by atoms with Gasteiger partial charge in [0.2, 0.25) is 0 Å². The fourth-order valence-corrected chi connectivity index (χ4v) is 11.1. The monoisotopic (exact) mass is 1640 g/mol. The molecule has 0 saturated heterocycles. The average molecular weight is 1640 g/mol. The molecule has 0 aromatic carbocycles. The van der Waals surface area contributed by atoms with E-state index in [0.717, 1.165) is 0 Å². The predicted octanol–water partition coefficient (Wildman–Crippen LogP) is 21.7. The molecule has 0 heterocycles. The zero-order valence-electron chi connectivity index (χ0n) is 41.2. The van der Waals surface area contributed by atoms with Gasteiger partial charge in [-0.25, -0.2) is 13.2 Å². The summed E-state index contributed by atoms with van der Waals surface area (Å²) in [5, 5.41) is -2.03. The SMILES string of the molecule is FC(CC(F)(F)C(F)(F)C(F)(F)C(F)(F)C(F)(F)C(F)(F)C(F)(F)C(F)(F)F)SCC(CBr)(CSC(F)CC(F)(F)C(F)(F)C(F)(F)C(F)(F)C(F)(F)C(F)(F)C(F)(F)C(F)(F)F)CSC(F)CC(F)(F)C(F)(F)C(F)(F)C(F)(F)C(F)(F)C(F)(F)C(F)(F)C(F)(F)F. The molecule has 0 spiro atoms. The first-order valence-corrected chi connectivity index (χ1v) is 25.4. The Morgan fingerprint density at radius 1 is 0.194 bits per heavy atom. The van der Waals surface area contributed by atoms with Crippen LogP contribution < -0.4 is 0 Å². The Bertz CT molecular complexity index is 2240. The van der Waals surface area contributed by atoms with Crippen molar-refractivity contribution in [3.05, 3.63) is 0 Å². The van der Waals surface area contributed by atoms with Crippen LogP contribution in [0.2, 0.25) is 0 Å². The lowest BCUT2D eigenvalue weighted by molar-refractivity contribution is -0.462. The molecule has 0 rings (SSSR count). The molecular formula is C35H17BrF54S3. The molecule has 0 amide bonds. The highest BCUT2D eigenvalue weighted by Gasteiger charge is 2.99. The van der Waals surface area contributed by atoms with E-state index in [1.54, 1.807) is 0 Å². The first-order valence-electron chi connectivity index (χ1n) is 21.1. The van der Waals surface area contributed by atoms with Gasteiger partial charge in [0.1, 0.15) is 0 Å².